The molecule has 0 bridgehead atoms. The fraction of sp³-hybridized carbons (Fsp3) is 0.379. The number of nitrogens with zero attached hydrogens (tertiary/aromatic N) is 2. The molecule has 1 fully saturated rings. The van der Waals surface area contributed by atoms with Gasteiger partial charge in [0.15, 0.2) is 0 Å². The molecule has 2 aliphatic heterocycles. The molecule has 3 aromatic carbocycles. The molecule has 0 aliphatic carbocycles. The van der Waals surface area contributed by atoms with Gasteiger partial charge in [0.2, 0.25) is 0 Å². The van der Waals surface area contributed by atoms with E-state index in [9.17, 15) is 4.39 Å². The van der Waals surface area contributed by atoms with Gasteiger partial charge in [-0.15, -0.1) is 0 Å². The van der Waals surface area contributed by atoms with E-state index in [1.54, 1.807) is 12.1 Å². The minimum atomic E-state index is -0.180. The van der Waals surface area contributed by atoms with Crippen LogP contribution < -0.4 is 14.4 Å². The number of piperidine rings is 1. The Hall–Kier alpha value is -3.05. The molecule has 2 aliphatic rings. The average molecular weight is 461 g/mol. The SMILES string of the molecule is CCOc1ccccc1CN1CCC2(CCN(Cc3ccc(F)cc3)CC2)Oc2ccccc21. The summed E-state index contributed by atoms with van der Waals surface area (Å²) >= 11 is 0. The summed E-state index contributed by atoms with van der Waals surface area (Å²) in [5, 5.41) is 0. The lowest BCUT2D eigenvalue weighted by Gasteiger charge is -2.41. The lowest BCUT2D eigenvalue weighted by atomic mass is 9.87. The van der Waals surface area contributed by atoms with Crippen molar-refractivity contribution in [3.63, 3.8) is 0 Å². The molecule has 0 amide bonds. The Balaban J connectivity index is 1.30. The number of para-hydroxylation sites is 3. The van der Waals surface area contributed by atoms with Gasteiger partial charge < -0.3 is 14.4 Å². The second-order valence-corrected chi connectivity index (χ2v) is 9.37. The average Bonchev–Trinajstić information content (AvgIpc) is 3.00. The van der Waals surface area contributed by atoms with Gasteiger partial charge in [-0.25, -0.2) is 4.39 Å². The van der Waals surface area contributed by atoms with Crippen molar-refractivity contribution in [1.82, 2.24) is 4.90 Å². The van der Waals surface area contributed by atoms with Crippen molar-refractivity contribution in [1.29, 1.82) is 0 Å². The van der Waals surface area contributed by atoms with Crippen LogP contribution in [-0.2, 0) is 13.1 Å². The van der Waals surface area contributed by atoms with Crippen LogP contribution in [0.3, 0.4) is 0 Å². The number of anilines is 1. The molecular formula is C29H33FN2O2. The standard InChI is InChI=1S/C29H33FN2O2/c1-2-33-27-9-5-3-7-24(27)22-32-20-17-29(34-28-10-6-4-8-26(28)32)15-18-31(19-16-29)21-23-11-13-25(30)14-12-23/h3-14H,2,15-22H2,1H3. The third kappa shape index (κ3) is 5.05. The van der Waals surface area contributed by atoms with Crippen molar-refractivity contribution in [3.05, 3.63) is 89.7 Å². The summed E-state index contributed by atoms with van der Waals surface area (Å²) in [6, 6.07) is 23.6. The summed E-state index contributed by atoms with van der Waals surface area (Å²) in [5.41, 5.74) is 3.36. The van der Waals surface area contributed by atoms with Crippen LogP contribution >= 0.6 is 0 Å². The Morgan fingerprint density at radius 1 is 0.853 bits per heavy atom. The summed E-state index contributed by atoms with van der Waals surface area (Å²) in [7, 11) is 0. The Bertz CT molecular complexity index is 1090. The van der Waals surface area contributed by atoms with Crippen molar-refractivity contribution in [2.24, 2.45) is 0 Å². The van der Waals surface area contributed by atoms with Crippen LogP contribution in [0.2, 0.25) is 0 Å². The monoisotopic (exact) mass is 460 g/mol. The Morgan fingerprint density at radius 3 is 2.35 bits per heavy atom. The van der Waals surface area contributed by atoms with E-state index in [4.69, 9.17) is 9.47 Å². The van der Waals surface area contributed by atoms with Crippen molar-refractivity contribution in [2.45, 2.75) is 44.9 Å². The number of likely N-dealkylation sites (tertiary alicyclic amines) is 1. The van der Waals surface area contributed by atoms with Gasteiger partial charge in [-0.3, -0.25) is 4.90 Å². The maximum absolute atomic E-state index is 13.3. The number of benzene rings is 3. The first-order chi connectivity index (χ1) is 16.6. The number of rotatable bonds is 6. The normalized spacial score (nSPS) is 17.6. The zero-order valence-electron chi connectivity index (χ0n) is 19.9. The molecule has 1 spiro atoms. The molecule has 3 aromatic rings. The van der Waals surface area contributed by atoms with Crippen LogP contribution in [0.4, 0.5) is 10.1 Å². The van der Waals surface area contributed by atoms with Gasteiger partial charge >= 0.3 is 0 Å². The van der Waals surface area contributed by atoms with Crippen LogP contribution in [0, 0.1) is 5.82 Å². The molecule has 0 N–H and O–H groups in total. The predicted molar refractivity (Wildman–Crippen MR) is 134 cm³/mol. The van der Waals surface area contributed by atoms with E-state index in [1.807, 2.05) is 25.1 Å². The number of hydrogen-bond donors (Lipinski definition) is 0. The fourth-order valence-electron chi connectivity index (χ4n) is 5.17. The lowest BCUT2D eigenvalue weighted by Crippen LogP contribution is -2.48. The molecule has 4 nitrogen and oxygen atoms in total. The van der Waals surface area contributed by atoms with Crippen molar-refractivity contribution in [2.75, 3.05) is 31.1 Å². The largest absolute Gasteiger partial charge is 0.494 e. The van der Waals surface area contributed by atoms with E-state index in [2.05, 4.69) is 52.3 Å². The second kappa shape index (κ2) is 10.1. The van der Waals surface area contributed by atoms with Crippen LogP contribution in [0.25, 0.3) is 0 Å². The highest BCUT2D eigenvalue weighted by Gasteiger charge is 2.39. The summed E-state index contributed by atoms with van der Waals surface area (Å²) in [6.45, 7) is 7.23. The molecule has 0 atom stereocenters. The Labute approximate surface area is 201 Å². The maximum atomic E-state index is 13.3. The topological polar surface area (TPSA) is 24.9 Å². The minimum absolute atomic E-state index is 0.149. The highest BCUT2D eigenvalue weighted by Crippen LogP contribution is 2.41. The van der Waals surface area contributed by atoms with Crippen LogP contribution in [0.5, 0.6) is 11.5 Å². The third-order valence-corrected chi connectivity index (χ3v) is 7.09. The summed E-state index contributed by atoms with van der Waals surface area (Å²) < 4.78 is 25.9. The maximum Gasteiger partial charge on any atom is 0.143 e. The first kappa shape index (κ1) is 22.7. The van der Waals surface area contributed by atoms with Gasteiger partial charge in [-0.1, -0.05) is 42.5 Å². The fourth-order valence-corrected chi connectivity index (χ4v) is 5.17. The van der Waals surface area contributed by atoms with E-state index in [0.29, 0.717) is 6.61 Å². The number of fused-ring (bicyclic) bond motifs is 1. The van der Waals surface area contributed by atoms with E-state index in [1.165, 1.54) is 5.56 Å². The van der Waals surface area contributed by atoms with Gasteiger partial charge in [0.05, 0.1) is 12.3 Å². The molecule has 0 unspecified atom stereocenters. The molecule has 0 aromatic heterocycles. The number of hydrogen-bond acceptors (Lipinski definition) is 4. The van der Waals surface area contributed by atoms with E-state index < -0.39 is 0 Å². The smallest absolute Gasteiger partial charge is 0.143 e. The zero-order chi connectivity index (χ0) is 23.4. The molecule has 178 valence electrons. The van der Waals surface area contributed by atoms with Crippen molar-refractivity contribution >= 4 is 5.69 Å². The molecule has 2 heterocycles. The van der Waals surface area contributed by atoms with Gasteiger partial charge in [-0.2, -0.15) is 0 Å². The van der Waals surface area contributed by atoms with Crippen LogP contribution in [0.15, 0.2) is 72.8 Å². The van der Waals surface area contributed by atoms with Gasteiger partial charge in [-0.05, 0) is 55.7 Å². The highest BCUT2D eigenvalue weighted by molar-refractivity contribution is 5.60. The molecule has 34 heavy (non-hydrogen) atoms. The highest BCUT2D eigenvalue weighted by atomic mass is 19.1. The molecule has 0 saturated carbocycles. The van der Waals surface area contributed by atoms with Crippen molar-refractivity contribution < 1.29 is 13.9 Å². The first-order valence-corrected chi connectivity index (χ1v) is 12.3. The quantitative estimate of drug-likeness (QED) is 0.447. The lowest BCUT2D eigenvalue weighted by molar-refractivity contribution is -0.00227. The second-order valence-electron chi connectivity index (χ2n) is 9.37. The molecule has 0 radical (unpaired) electrons. The number of halogens is 1. The van der Waals surface area contributed by atoms with E-state index in [-0.39, 0.29) is 11.4 Å². The van der Waals surface area contributed by atoms with Crippen molar-refractivity contribution in [3.8, 4) is 11.5 Å². The van der Waals surface area contributed by atoms with Crippen LogP contribution in [0.1, 0.15) is 37.3 Å². The van der Waals surface area contributed by atoms with Gasteiger partial charge in [0.1, 0.15) is 22.9 Å². The van der Waals surface area contributed by atoms with Crippen LogP contribution in [-0.4, -0.2) is 36.7 Å². The predicted octanol–water partition coefficient (Wildman–Crippen LogP) is 6.05. The number of ether oxygens (including phenoxy) is 2. The van der Waals surface area contributed by atoms with E-state index >= 15 is 0 Å². The summed E-state index contributed by atoms with van der Waals surface area (Å²) in [6.07, 6.45) is 2.97. The molecular weight excluding hydrogens is 427 g/mol. The molecule has 1 saturated heterocycles. The van der Waals surface area contributed by atoms with E-state index in [0.717, 1.165) is 74.7 Å². The molecule has 5 rings (SSSR count). The zero-order valence-corrected chi connectivity index (χ0v) is 19.9. The minimum Gasteiger partial charge on any atom is -0.494 e. The third-order valence-electron chi connectivity index (χ3n) is 7.09. The first-order valence-electron chi connectivity index (χ1n) is 12.3. The summed E-state index contributed by atoms with van der Waals surface area (Å²) in [5.74, 6) is 1.75. The Morgan fingerprint density at radius 2 is 1.56 bits per heavy atom. The van der Waals surface area contributed by atoms with Gasteiger partial charge in [0, 0.05) is 44.7 Å². The van der Waals surface area contributed by atoms with Gasteiger partial charge in [0.25, 0.3) is 0 Å². The summed E-state index contributed by atoms with van der Waals surface area (Å²) in [4.78, 5) is 4.89. The Kier molecular flexibility index (Phi) is 6.73. The molecule has 5 heteroatoms.